The number of nitrogens with two attached hydrogens (primary N) is 1. The predicted octanol–water partition coefficient (Wildman–Crippen LogP) is -0.343. The average Bonchev–Trinajstić information content (AvgIpc) is 2.07. The van der Waals surface area contributed by atoms with E-state index in [1.165, 1.54) is 4.68 Å². The summed E-state index contributed by atoms with van der Waals surface area (Å²) < 4.78 is 1.37. The van der Waals surface area contributed by atoms with Crippen molar-refractivity contribution >= 4 is 5.69 Å². The van der Waals surface area contributed by atoms with E-state index in [1.807, 2.05) is 25.9 Å². The van der Waals surface area contributed by atoms with Crippen molar-refractivity contribution < 1.29 is 0 Å². The molecule has 0 bridgehead atoms. The van der Waals surface area contributed by atoms with Crippen LogP contribution < -0.4 is 16.2 Å². The summed E-state index contributed by atoms with van der Waals surface area (Å²) in [5.74, 6) is 0. The Morgan fingerprint density at radius 1 is 1.64 bits per heavy atom. The molecule has 14 heavy (non-hydrogen) atoms. The van der Waals surface area contributed by atoms with E-state index in [4.69, 9.17) is 5.73 Å². The van der Waals surface area contributed by atoms with Gasteiger partial charge in [0.05, 0.1) is 18.4 Å². The van der Waals surface area contributed by atoms with Crippen molar-refractivity contribution in [3.05, 3.63) is 22.6 Å². The monoisotopic (exact) mass is 196 g/mol. The van der Waals surface area contributed by atoms with Crippen molar-refractivity contribution in [3.8, 4) is 0 Å². The lowest BCUT2D eigenvalue weighted by Crippen LogP contribution is -2.31. The Morgan fingerprint density at radius 2 is 2.29 bits per heavy atom. The molecule has 5 heteroatoms. The highest BCUT2D eigenvalue weighted by Crippen LogP contribution is 2.03. The van der Waals surface area contributed by atoms with Gasteiger partial charge in [0.2, 0.25) is 0 Å². The zero-order valence-corrected chi connectivity index (χ0v) is 8.77. The van der Waals surface area contributed by atoms with Crippen LogP contribution in [0.5, 0.6) is 0 Å². The van der Waals surface area contributed by atoms with Crippen LogP contribution >= 0.6 is 0 Å². The first-order valence-electron chi connectivity index (χ1n) is 4.51. The first kappa shape index (κ1) is 10.7. The van der Waals surface area contributed by atoms with Crippen LogP contribution in [-0.2, 0) is 6.54 Å². The second-order valence-corrected chi connectivity index (χ2v) is 3.61. The van der Waals surface area contributed by atoms with Crippen LogP contribution in [0.2, 0.25) is 0 Å². The molecule has 1 unspecified atom stereocenters. The fourth-order valence-electron chi connectivity index (χ4n) is 1.08. The van der Waals surface area contributed by atoms with Gasteiger partial charge in [-0.1, -0.05) is 0 Å². The van der Waals surface area contributed by atoms with Gasteiger partial charge >= 0.3 is 0 Å². The highest BCUT2D eigenvalue weighted by atomic mass is 16.1. The molecule has 0 radical (unpaired) electrons. The molecule has 1 rings (SSSR count). The van der Waals surface area contributed by atoms with Crippen LogP contribution in [0.4, 0.5) is 5.69 Å². The second-order valence-electron chi connectivity index (χ2n) is 3.61. The minimum atomic E-state index is -0.117. The maximum absolute atomic E-state index is 11.5. The minimum Gasteiger partial charge on any atom is -0.376 e. The summed E-state index contributed by atoms with van der Waals surface area (Å²) in [6, 6.07) is 1.49. The molecule has 0 aromatic carbocycles. The fraction of sp³-hybridized carbons (Fsp3) is 0.556. The molecule has 0 spiro atoms. The first-order valence-corrected chi connectivity index (χ1v) is 4.51. The molecule has 5 nitrogen and oxygen atoms in total. The molecule has 1 atom stereocenters. The normalized spacial score (nSPS) is 12.6. The molecule has 0 aliphatic heterocycles. The van der Waals surface area contributed by atoms with Gasteiger partial charge in [-0.05, 0) is 6.92 Å². The summed E-state index contributed by atoms with van der Waals surface area (Å²) in [4.78, 5) is 13.3. The van der Waals surface area contributed by atoms with Crippen molar-refractivity contribution in [2.45, 2.75) is 19.5 Å². The Balaban J connectivity index is 2.96. The molecular formula is C9H16N4O. The zero-order valence-electron chi connectivity index (χ0n) is 8.77. The number of hydrogen-bond donors (Lipinski definition) is 1. The topological polar surface area (TPSA) is 64.2 Å². The lowest BCUT2D eigenvalue weighted by atomic mass is 10.3. The van der Waals surface area contributed by atoms with Gasteiger partial charge in [-0.15, -0.1) is 0 Å². The van der Waals surface area contributed by atoms with E-state index in [0.717, 1.165) is 5.69 Å². The van der Waals surface area contributed by atoms with Crippen LogP contribution in [0.15, 0.2) is 17.1 Å². The molecule has 1 heterocycles. The van der Waals surface area contributed by atoms with Gasteiger partial charge in [0.15, 0.2) is 0 Å². The summed E-state index contributed by atoms with van der Waals surface area (Å²) in [6.07, 6.45) is 1.66. The van der Waals surface area contributed by atoms with Crippen molar-refractivity contribution in [1.29, 1.82) is 0 Å². The van der Waals surface area contributed by atoms with Gasteiger partial charge in [-0.25, -0.2) is 4.68 Å². The highest BCUT2D eigenvalue weighted by Gasteiger charge is 2.03. The Hall–Kier alpha value is -1.36. The number of anilines is 1. The summed E-state index contributed by atoms with van der Waals surface area (Å²) in [6.45, 7) is 2.29. The van der Waals surface area contributed by atoms with Gasteiger partial charge in [-0.3, -0.25) is 4.79 Å². The summed E-state index contributed by atoms with van der Waals surface area (Å²) in [5.41, 5.74) is 6.27. The van der Waals surface area contributed by atoms with Crippen molar-refractivity contribution in [2.75, 3.05) is 19.0 Å². The molecule has 78 valence electrons. The molecule has 0 fully saturated rings. The van der Waals surface area contributed by atoms with E-state index in [0.29, 0.717) is 6.54 Å². The van der Waals surface area contributed by atoms with Gasteiger partial charge in [0, 0.05) is 26.2 Å². The Labute approximate surface area is 83.1 Å². The standard InChI is InChI=1S/C9H16N4O/c1-7(10)6-13-9(14)4-8(5-11-13)12(2)3/h4-5,7H,6,10H2,1-3H3. The fourth-order valence-corrected chi connectivity index (χ4v) is 1.08. The third-order valence-corrected chi connectivity index (χ3v) is 1.83. The maximum atomic E-state index is 11.5. The molecule has 0 amide bonds. The van der Waals surface area contributed by atoms with E-state index in [-0.39, 0.29) is 11.6 Å². The van der Waals surface area contributed by atoms with Gasteiger partial charge < -0.3 is 10.6 Å². The molecule has 0 aliphatic rings. The molecule has 0 saturated carbocycles. The summed E-state index contributed by atoms with van der Waals surface area (Å²) >= 11 is 0. The first-order chi connectivity index (χ1) is 6.50. The Kier molecular flexibility index (Phi) is 3.24. The minimum absolute atomic E-state index is 0.0644. The van der Waals surface area contributed by atoms with Crippen LogP contribution in [0.25, 0.3) is 0 Å². The summed E-state index contributed by atoms with van der Waals surface area (Å²) in [7, 11) is 3.73. The van der Waals surface area contributed by atoms with Gasteiger partial charge in [-0.2, -0.15) is 5.10 Å². The second kappa shape index (κ2) is 4.23. The molecule has 0 saturated heterocycles. The molecule has 2 N–H and O–H groups in total. The molecule has 1 aromatic heterocycles. The number of nitrogens with zero attached hydrogens (tertiary/aromatic N) is 3. The predicted molar refractivity (Wildman–Crippen MR) is 56.5 cm³/mol. The van der Waals surface area contributed by atoms with Crippen molar-refractivity contribution in [1.82, 2.24) is 9.78 Å². The highest BCUT2D eigenvalue weighted by molar-refractivity contribution is 5.40. The SMILES string of the molecule is CC(N)Cn1ncc(N(C)C)cc1=O. The quantitative estimate of drug-likeness (QED) is 0.718. The van der Waals surface area contributed by atoms with E-state index >= 15 is 0 Å². The number of rotatable bonds is 3. The van der Waals surface area contributed by atoms with Gasteiger partial charge in [0.25, 0.3) is 5.56 Å². The van der Waals surface area contributed by atoms with E-state index in [2.05, 4.69) is 5.10 Å². The molecule has 1 aromatic rings. The zero-order chi connectivity index (χ0) is 10.7. The Bertz CT molecular complexity index is 356. The summed E-state index contributed by atoms with van der Waals surface area (Å²) in [5, 5.41) is 4.02. The lowest BCUT2D eigenvalue weighted by molar-refractivity contribution is 0.513. The third-order valence-electron chi connectivity index (χ3n) is 1.83. The largest absolute Gasteiger partial charge is 0.376 e. The van der Waals surface area contributed by atoms with E-state index < -0.39 is 0 Å². The number of aromatic nitrogens is 2. The van der Waals surface area contributed by atoms with Crippen LogP contribution in [0.3, 0.4) is 0 Å². The molecular weight excluding hydrogens is 180 g/mol. The molecule has 0 aliphatic carbocycles. The Morgan fingerprint density at radius 3 is 2.71 bits per heavy atom. The number of hydrogen-bond acceptors (Lipinski definition) is 4. The van der Waals surface area contributed by atoms with Crippen molar-refractivity contribution in [3.63, 3.8) is 0 Å². The smallest absolute Gasteiger partial charge is 0.268 e. The maximum Gasteiger partial charge on any atom is 0.268 e. The van der Waals surface area contributed by atoms with E-state index in [1.54, 1.807) is 12.3 Å². The third kappa shape index (κ3) is 2.56. The van der Waals surface area contributed by atoms with Crippen LogP contribution in [0.1, 0.15) is 6.92 Å². The van der Waals surface area contributed by atoms with Crippen molar-refractivity contribution in [2.24, 2.45) is 5.73 Å². The van der Waals surface area contributed by atoms with E-state index in [9.17, 15) is 4.79 Å². The van der Waals surface area contributed by atoms with Gasteiger partial charge in [0.1, 0.15) is 0 Å². The lowest BCUT2D eigenvalue weighted by Gasteiger charge is -2.13. The average molecular weight is 196 g/mol. The van der Waals surface area contributed by atoms with Crippen LogP contribution in [-0.4, -0.2) is 29.9 Å². The van der Waals surface area contributed by atoms with Crippen LogP contribution in [0, 0.1) is 0 Å².